The minimum Gasteiger partial charge on any atom is -0.489 e. The zero-order valence-corrected chi connectivity index (χ0v) is 24.7. The third-order valence-corrected chi connectivity index (χ3v) is 7.70. The van der Waals surface area contributed by atoms with Gasteiger partial charge in [0, 0.05) is 17.6 Å². The molecule has 0 saturated carbocycles. The number of nitrogens with zero attached hydrogens (tertiary/aromatic N) is 2. The fraction of sp³-hybridized carbons (Fsp3) is 0.310. The second kappa shape index (κ2) is 14.1. The molecule has 0 saturated heterocycles. The molecule has 0 heterocycles. The van der Waals surface area contributed by atoms with Crippen molar-refractivity contribution >= 4 is 43.5 Å². The summed E-state index contributed by atoms with van der Waals surface area (Å²) in [5, 5.41) is 2.82. The van der Waals surface area contributed by atoms with Crippen LogP contribution in [0, 0.1) is 0 Å². The summed E-state index contributed by atoms with van der Waals surface area (Å²) in [5.41, 5.74) is 2.14. The minimum absolute atomic E-state index is 0.149. The zero-order valence-electron chi connectivity index (χ0n) is 22.3. The van der Waals surface area contributed by atoms with Crippen molar-refractivity contribution in [1.29, 1.82) is 0 Å². The quantitative estimate of drug-likeness (QED) is 0.300. The maximum absolute atomic E-state index is 13.6. The van der Waals surface area contributed by atoms with Gasteiger partial charge in [-0.1, -0.05) is 65.3 Å². The first kappa shape index (κ1) is 30.2. The van der Waals surface area contributed by atoms with Crippen molar-refractivity contribution in [2.24, 2.45) is 0 Å². The van der Waals surface area contributed by atoms with Gasteiger partial charge in [-0.15, -0.1) is 0 Å². The van der Waals surface area contributed by atoms with Gasteiger partial charge >= 0.3 is 0 Å². The van der Waals surface area contributed by atoms with Crippen LogP contribution in [0.1, 0.15) is 31.4 Å². The Bertz CT molecular complexity index is 1330. The van der Waals surface area contributed by atoms with E-state index in [1.165, 1.54) is 4.90 Å². The van der Waals surface area contributed by atoms with Gasteiger partial charge in [-0.3, -0.25) is 13.9 Å². The molecule has 0 spiro atoms. The summed E-state index contributed by atoms with van der Waals surface area (Å²) in [6.45, 7) is 4.14. The number of rotatable bonds is 13. The van der Waals surface area contributed by atoms with E-state index in [9.17, 15) is 18.0 Å². The highest BCUT2D eigenvalue weighted by molar-refractivity contribution is 9.10. The Kier molecular flexibility index (Phi) is 10.9. The van der Waals surface area contributed by atoms with Crippen LogP contribution < -0.4 is 14.4 Å². The van der Waals surface area contributed by atoms with E-state index >= 15 is 0 Å². The molecule has 10 heteroatoms. The average Bonchev–Trinajstić information content (AvgIpc) is 2.93. The molecule has 0 radical (unpaired) electrons. The minimum atomic E-state index is -3.81. The molecule has 1 N–H and O–H groups in total. The van der Waals surface area contributed by atoms with E-state index in [0.717, 1.165) is 32.6 Å². The van der Waals surface area contributed by atoms with Crippen LogP contribution in [0.5, 0.6) is 5.75 Å². The molecule has 208 valence electrons. The maximum atomic E-state index is 13.6. The van der Waals surface area contributed by atoms with Crippen LogP contribution in [0.4, 0.5) is 5.69 Å². The number of sulfonamides is 1. The lowest BCUT2D eigenvalue weighted by molar-refractivity contribution is -0.139. The number of carbonyl (C=O) groups is 2. The molecular formula is C29H34BrN3O5S. The lowest BCUT2D eigenvalue weighted by Crippen LogP contribution is -2.51. The lowest BCUT2D eigenvalue weighted by atomic mass is 10.1. The standard InChI is InChI=1S/C29H34BrN3O5S/c1-4-18-31-29(35)22(2)32(19-23-10-12-25(30)13-11-23)28(34)20-33(39(3,36)37)26-14-16-27(17-15-26)38-21-24-8-6-5-7-9-24/h5-17,22H,4,18-21H2,1-3H3,(H,31,35)/t22-/m0/s1. The Morgan fingerprint density at radius 3 is 2.18 bits per heavy atom. The van der Waals surface area contributed by atoms with Crippen molar-refractivity contribution in [3.63, 3.8) is 0 Å². The van der Waals surface area contributed by atoms with Crippen molar-refractivity contribution in [2.75, 3.05) is 23.7 Å². The van der Waals surface area contributed by atoms with Crippen LogP contribution >= 0.6 is 15.9 Å². The van der Waals surface area contributed by atoms with Gasteiger partial charge in [-0.25, -0.2) is 8.42 Å². The molecule has 39 heavy (non-hydrogen) atoms. The number of benzene rings is 3. The Hall–Kier alpha value is -3.37. The highest BCUT2D eigenvalue weighted by Gasteiger charge is 2.30. The molecule has 0 aliphatic carbocycles. The molecule has 0 aromatic heterocycles. The van der Waals surface area contributed by atoms with Crippen LogP contribution in [0.15, 0.2) is 83.3 Å². The Morgan fingerprint density at radius 1 is 0.949 bits per heavy atom. The monoisotopic (exact) mass is 615 g/mol. The molecule has 3 aromatic carbocycles. The molecule has 0 aliphatic rings. The summed E-state index contributed by atoms with van der Waals surface area (Å²) in [5.74, 6) is -0.222. The van der Waals surface area contributed by atoms with Gasteiger partial charge < -0.3 is 15.0 Å². The van der Waals surface area contributed by atoms with Crippen LogP contribution in [-0.2, 0) is 32.8 Å². The zero-order chi connectivity index (χ0) is 28.4. The molecule has 0 unspecified atom stereocenters. The summed E-state index contributed by atoms with van der Waals surface area (Å²) >= 11 is 3.40. The summed E-state index contributed by atoms with van der Waals surface area (Å²) in [6.07, 6.45) is 1.81. The van der Waals surface area contributed by atoms with Crippen molar-refractivity contribution in [1.82, 2.24) is 10.2 Å². The number of ether oxygens (including phenoxy) is 1. The normalized spacial score (nSPS) is 11.9. The van der Waals surface area contributed by atoms with Crippen LogP contribution in [-0.4, -0.2) is 50.5 Å². The molecule has 0 aliphatic heterocycles. The fourth-order valence-corrected chi connectivity index (χ4v) is 4.94. The van der Waals surface area contributed by atoms with E-state index < -0.39 is 28.5 Å². The van der Waals surface area contributed by atoms with Gasteiger partial charge in [0.1, 0.15) is 24.9 Å². The molecule has 2 amide bonds. The van der Waals surface area contributed by atoms with Gasteiger partial charge in [0.2, 0.25) is 21.8 Å². The number of anilines is 1. The molecule has 3 rings (SSSR count). The second-order valence-electron chi connectivity index (χ2n) is 9.15. The number of hydrogen-bond donors (Lipinski definition) is 1. The van der Waals surface area contributed by atoms with Crippen molar-refractivity contribution in [3.05, 3.63) is 94.5 Å². The Morgan fingerprint density at radius 2 is 1.59 bits per heavy atom. The Labute approximate surface area is 239 Å². The highest BCUT2D eigenvalue weighted by atomic mass is 79.9. The largest absolute Gasteiger partial charge is 0.489 e. The highest BCUT2D eigenvalue weighted by Crippen LogP contribution is 2.23. The van der Waals surface area contributed by atoms with E-state index in [-0.39, 0.29) is 12.5 Å². The van der Waals surface area contributed by atoms with Crippen molar-refractivity contribution in [2.45, 2.75) is 39.5 Å². The van der Waals surface area contributed by atoms with E-state index in [1.807, 2.05) is 61.5 Å². The topological polar surface area (TPSA) is 96.0 Å². The smallest absolute Gasteiger partial charge is 0.244 e. The Balaban J connectivity index is 1.80. The average molecular weight is 617 g/mol. The number of halogens is 1. The molecule has 8 nitrogen and oxygen atoms in total. The molecule has 1 atom stereocenters. The first-order valence-corrected chi connectivity index (χ1v) is 15.3. The second-order valence-corrected chi connectivity index (χ2v) is 12.0. The van der Waals surface area contributed by atoms with Gasteiger partial charge in [-0.05, 0) is 60.9 Å². The predicted octanol–water partition coefficient (Wildman–Crippen LogP) is 4.74. The summed E-state index contributed by atoms with van der Waals surface area (Å²) in [4.78, 5) is 27.8. The summed E-state index contributed by atoms with van der Waals surface area (Å²) in [7, 11) is -3.81. The lowest BCUT2D eigenvalue weighted by Gasteiger charge is -2.31. The molecule has 0 fully saturated rings. The van der Waals surface area contributed by atoms with Crippen molar-refractivity contribution < 1.29 is 22.7 Å². The number of carbonyl (C=O) groups excluding carboxylic acids is 2. The SMILES string of the molecule is CCCNC(=O)[C@H](C)N(Cc1ccc(Br)cc1)C(=O)CN(c1ccc(OCc2ccccc2)cc1)S(C)(=O)=O. The van der Waals surface area contributed by atoms with Gasteiger partial charge in [0.25, 0.3) is 0 Å². The van der Waals surface area contributed by atoms with Crippen molar-refractivity contribution in [3.8, 4) is 5.75 Å². The first-order valence-electron chi connectivity index (χ1n) is 12.6. The maximum Gasteiger partial charge on any atom is 0.244 e. The number of amides is 2. The van der Waals surface area contributed by atoms with Gasteiger partial charge in [-0.2, -0.15) is 0 Å². The summed E-state index contributed by atoms with van der Waals surface area (Å²) in [6, 6.07) is 22.8. The third-order valence-electron chi connectivity index (χ3n) is 6.03. The van der Waals surface area contributed by atoms with Crippen LogP contribution in [0.2, 0.25) is 0 Å². The number of nitrogens with one attached hydrogen (secondary N) is 1. The molecule has 0 bridgehead atoms. The number of hydrogen-bond acceptors (Lipinski definition) is 5. The van der Waals surface area contributed by atoms with Gasteiger partial charge in [0.15, 0.2) is 0 Å². The van der Waals surface area contributed by atoms with Crippen LogP contribution in [0.25, 0.3) is 0 Å². The van der Waals surface area contributed by atoms with Crippen LogP contribution in [0.3, 0.4) is 0 Å². The first-order chi connectivity index (χ1) is 18.6. The summed E-state index contributed by atoms with van der Waals surface area (Å²) < 4.78 is 33.3. The van der Waals surface area contributed by atoms with E-state index in [0.29, 0.717) is 24.6 Å². The predicted molar refractivity (Wildman–Crippen MR) is 157 cm³/mol. The van der Waals surface area contributed by atoms with Gasteiger partial charge in [0.05, 0.1) is 11.9 Å². The molecular weight excluding hydrogens is 582 g/mol. The third kappa shape index (κ3) is 9.11. The van der Waals surface area contributed by atoms with E-state index in [1.54, 1.807) is 31.2 Å². The van der Waals surface area contributed by atoms with E-state index in [4.69, 9.17) is 4.74 Å². The fourth-order valence-electron chi connectivity index (χ4n) is 3.83. The molecule has 3 aromatic rings. The van der Waals surface area contributed by atoms with E-state index in [2.05, 4.69) is 21.2 Å².